The maximum atomic E-state index is 12.4. The molecule has 0 unspecified atom stereocenters. The first-order valence-electron chi connectivity index (χ1n) is 8.33. The van der Waals surface area contributed by atoms with Gasteiger partial charge in [-0.05, 0) is 35.4 Å². The summed E-state index contributed by atoms with van der Waals surface area (Å²) < 4.78 is 26.4. The number of nitrogens with zero attached hydrogens (tertiary/aromatic N) is 2. The van der Waals surface area contributed by atoms with Gasteiger partial charge < -0.3 is 4.90 Å². The standard InChI is InChI=1S/C18H22N2O3S2/c1-19(25(22,23)18-9-5-13-24-18)11-4-8-17(21)20-12-10-15-6-2-3-7-16(15)14-20/h2-3,5-7,9,13H,4,8,10-12,14H2,1H3. The zero-order valence-electron chi connectivity index (χ0n) is 14.2. The van der Waals surface area contributed by atoms with Crippen LogP contribution in [-0.2, 0) is 27.8 Å². The van der Waals surface area contributed by atoms with Gasteiger partial charge in [-0.2, -0.15) is 0 Å². The molecule has 5 nitrogen and oxygen atoms in total. The first-order chi connectivity index (χ1) is 12.0. The SMILES string of the molecule is CN(CCCC(=O)N1CCc2ccccc2C1)S(=O)(=O)c1cccs1. The molecule has 0 fully saturated rings. The van der Waals surface area contributed by atoms with Crippen molar-refractivity contribution in [2.45, 2.75) is 30.0 Å². The van der Waals surface area contributed by atoms with E-state index in [2.05, 4.69) is 12.1 Å². The van der Waals surface area contributed by atoms with Crippen molar-refractivity contribution in [3.63, 3.8) is 0 Å². The molecule has 134 valence electrons. The van der Waals surface area contributed by atoms with E-state index in [0.717, 1.165) is 13.0 Å². The highest BCUT2D eigenvalue weighted by Gasteiger charge is 2.23. The maximum absolute atomic E-state index is 12.4. The molecule has 0 N–H and O–H groups in total. The number of carbonyl (C=O) groups is 1. The topological polar surface area (TPSA) is 57.7 Å². The van der Waals surface area contributed by atoms with Gasteiger partial charge in [-0.3, -0.25) is 4.79 Å². The number of sulfonamides is 1. The van der Waals surface area contributed by atoms with Gasteiger partial charge in [0.05, 0.1) is 0 Å². The Morgan fingerprint density at radius 2 is 1.96 bits per heavy atom. The van der Waals surface area contributed by atoms with Crippen molar-refractivity contribution in [3.8, 4) is 0 Å². The Bertz CT molecular complexity index is 832. The molecule has 0 aliphatic carbocycles. The molecule has 25 heavy (non-hydrogen) atoms. The number of thiophene rings is 1. The first-order valence-corrected chi connectivity index (χ1v) is 10.6. The smallest absolute Gasteiger partial charge is 0.252 e. The summed E-state index contributed by atoms with van der Waals surface area (Å²) in [6.07, 6.45) is 1.78. The molecule has 1 aromatic heterocycles. The number of hydrogen-bond donors (Lipinski definition) is 0. The van der Waals surface area contributed by atoms with E-state index in [0.29, 0.717) is 30.1 Å². The normalized spacial score (nSPS) is 14.6. The van der Waals surface area contributed by atoms with Crippen LogP contribution in [-0.4, -0.2) is 43.7 Å². The quantitative estimate of drug-likeness (QED) is 0.777. The fourth-order valence-corrected chi connectivity index (χ4v) is 5.41. The third-order valence-corrected chi connectivity index (χ3v) is 7.74. The van der Waals surface area contributed by atoms with Crippen LogP contribution in [0.5, 0.6) is 0 Å². The number of rotatable bonds is 6. The van der Waals surface area contributed by atoms with Crippen molar-refractivity contribution in [3.05, 3.63) is 52.9 Å². The van der Waals surface area contributed by atoms with E-state index in [1.807, 2.05) is 17.0 Å². The average Bonchev–Trinajstić information content (AvgIpc) is 3.16. The van der Waals surface area contributed by atoms with Crippen LogP contribution in [0.15, 0.2) is 46.0 Å². The highest BCUT2D eigenvalue weighted by Crippen LogP contribution is 2.21. The van der Waals surface area contributed by atoms with Gasteiger partial charge in [0.25, 0.3) is 10.0 Å². The lowest BCUT2D eigenvalue weighted by molar-refractivity contribution is -0.132. The summed E-state index contributed by atoms with van der Waals surface area (Å²) in [6, 6.07) is 11.5. The molecule has 0 atom stereocenters. The lowest BCUT2D eigenvalue weighted by Gasteiger charge is -2.29. The summed E-state index contributed by atoms with van der Waals surface area (Å²) in [5.41, 5.74) is 2.52. The molecule has 0 bridgehead atoms. The zero-order valence-corrected chi connectivity index (χ0v) is 15.9. The minimum atomic E-state index is -3.43. The molecule has 1 aromatic carbocycles. The summed E-state index contributed by atoms with van der Waals surface area (Å²) in [4.78, 5) is 14.3. The number of carbonyl (C=O) groups excluding carboxylic acids is 1. The van der Waals surface area contributed by atoms with Gasteiger partial charge in [0, 0.05) is 33.1 Å². The second kappa shape index (κ2) is 7.68. The van der Waals surface area contributed by atoms with Crippen LogP contribution in [0.1, 0.15) is 24.0 Å². The zero-order chi connectivity index (χ0) is 17.9. The fourth-order valence-electron chi connectivity index (χ4n) is 3.00. The van der Waals surface area contributed by atoms with Crippen LogP contribution >= 0.6 is 11.3 Å². The van der Waals surface area contributed by atoms with Crippen molar-refractivity contribution in [2.75, 3.05) is 20.1 Å². The van der Waals surface area contributed by atoms with Gasteiger partial charge in [-0.15, -0.1) is 11.3 Å². The van der Waals surface area contributed by atoms with Crippen LogP contribution in [0, 0.1) is 0 Å². The summed E-state index contributed by atoms with van der Waals surface area (Å²) in [6.45, 7) is 1.73. The number of hydrogen-bond acceptors (Lipinski definition) is 4. The third kappa shape index (κ3) is 4.11. The van der Waals surface area contributed by atoms with Gasteiger partial charge >= 0.3 is 0 Å². The Morgan fingerprint density at radius 3 is 2.68 bits per heavy atom. The minimum absolute atomic E-state index is 0.0939. The fraction of sp³-hybridized carbons (Fsp3) is 0.389. The highest BCUT2D eigenvalue weighted by molar-refractivity contribution is 7.91. The molecule has 1 aliphatic heterocycles. The molecule has 0 saturated heterocycles. The summed E-state index contributed by atoms with van der Waals surface area (Å²) in [5.74, 6) is 0.0939. The Balaban J connectivity index is 1.50. The van der Waals surface area contributed by atoms with Crippen molar-refractivity contribution in [2.24, 2.45) is 0 Å². The van der Waals surface area contributed by atoms with Crippen molar-refractivity contribution < 1.29 is 13.2 Å². The average molecular weight is 379 g/mol. The van der Waals surface area contributed by atoms with Gasteiger partial charge in [-0.1, -0.05) is 30.3 Å². The van der Waals surface area contributed by atoms with Crippen LogP contribution < -0.4 is 0 Å². The van der Waals surface area contributed by atoms with Gasteiger partial charge in [0.15, 0.2) is 0 Å². The Morgan fingerprint density at radius 1 is 1.20 bits per heavy atom. The Labute approximate surface area is 152 Å². The Kier molecular flexibility index (Phi) is 5.56. The van der Waals surface area contributed by atoms with Crippen LogP contribution in [0.25, 0.3) is 0 Å². The molecule has 3 rings (SSSR count). The largest absolute Gasteiger partial charge is 0.338 e. The van der Waals surface area contributed by atoms with Crippen LogP contribution in [0.4, 0.5) is 0 Å². The van der Waals surface area contributed by atoms with E-state index in [-0.39, 0.29) is 5.91 Å². The van der Waals surface area contributed by atoms with E-state index < -0.39 is 10.0 Å². The van der Waals surface area contributed by atoms with Crippen LogP contribution in [0.2, 0.25) is 0 Å². The number of fused-ring (bicyclic) bond motifs is 1. The molecule has 1 aliphatic rings. The molecular weight excluding hydrogens is 356 g/mol. The lowest BCUT2D eigenvalue weighted by Crippen LogP contribution is -2.36. The number of amides is 1. The molecule has 0 spiro atoms. The molecule has 0 radical (unpaired) electrons. The van der Waals surface area contributed by atoms with E-state index in [1.165, 1.54) is 26.8 Å². The van der Waals surface area contributed by atoms with Gasteiger partial charge in [0.1, 0.15) is 4.21 Å². The predicted octanol–water partition coefficient (Wildman–Crippen LogP) is 2.73. The van der Waals surface area contributed by atoms with Crippen molar-refractivity contribution in [1.82, 2.24) is 9.21 Å². The van der Waals surface area contributed by atoms with Gasteiger partial charge in [-0.25, -0.2) is 12.7 Å². The number of benzene rings is 1. The summed E-state index contributed by atoms with van der Waals surface area (Å²) in [7, 11) is -1.87. The van der Waals surface area contributed by atoms with E-state index in [4.69, 9.17) is 0 Å². The van der Waals surface area contributed by atoms with Crippen LogP contribution in [0.3, 0.4) is 0 Å². The predicted molar refractivity (Wildman–Crippen MR) is 98.9 cm³/mol. The van der Waals surface area contributed by atoms with Gasteiger partial charge in [0.2, 0.25) is 5.91 Å². The van der Waals surface area contributed by atoms with Crippen molar-refractivity contribution >= 4 is 27.3 Å². The van der Waals surface area contributed by atoms with Crippen molar-refractivity contribution in [1.29, 1.82) is 0 Å². The molecular formula is C18H22N2O3S2. The summed E-state index contributed by atoms with van der Waals surface area (Å²) >= 11 is 1.21. The first kappa shape index (κ1) is 18.1. The maximum Gasteiger partial charge on any atom is 0.252 e. The second-order valence-electron chi connectivity index (χ2n) is 6.20. The minimum Gasteiger partial charge on any atom is -0.338 e. The van der Waals surface area contributed by atoms with E-state index >= 15 is 0 Å². The monoisotopic (exact) mass is 378 g/mol. The van der Waals surface area contributed by atoms with E-state index in [1.54, 1.807) is 24.6 Å². The third-order valence-electron chi connectivity index (χ3n) is 4.51. The van der Waals surface area contributed by atoms with E-state index in [9.17, 15) is 13.2 Å². The lowest BCUT2D eigenvalue weighted by atomic mass is 9.99. The molecule has 1 amide bonds. The molecule has 7 heteroatoms. The molecule has 0 saturated carbocycles. The molecule has 2 heterocycles. The Hall–Kier alpha value is -1.70. The highest BCUT2D eigenvalue weighted by atomic mass is 32.2. The summed E-state index contributed by atoms with van der Waals surface area (Å²) in [5, 5.41) is 1.75. The second-order valence-corrected chi connectivity index (χ2v) is 9.42. The molecule has 2 aromatic rings.